The van der Waals surface area contributed by atoms with E-state index in [1.165, 1.54) is 66.5 Å². The molecule has 3 heteroatoms. The van der Waals surface area contributed by atoms with Crippen molar-refractivity contribution in [3.8, 4) is 0 Å². The van der Waals surface area contributed by atoms with Crippen LogP contribution in [0.25, 0.3) is 11.1 Å². The Bertz CT molecular complexity index is 998. The molecule has 0 aliphatic rings. The average Bonchev–Trinajstić information content (AvgIpc) is 2.91. The van der Waals surface area contributed by atoms with Gasteiger partial charge in [0.25, 0.3) is 0 Å². The van der Waals surface area contributed by atoms with E-state index in [1.54, 1.807) is 0 Å². The third kappa shape index (κ3) is 16.7. The fourth-order valence-electron chi connectivity index (χ4n) is 3.86. The van der Waals surface area contributed by atoms with Gasteiger partial charge >= 0.3 is 22.4 Å². The van der Waals surface area contributed by atoms with Crippen LogP contribution < -0.4 is 0 Å². The van der Waals surface area contributed by atoms with Gasteiger partial charge in [0.05, 0.1) is 5.57 Å². The zero-order valence-electron chi connectivity index (χ0n) is 24.0. The number of aryl methyl sites for hydroxylation is 2. The Morgan fingerprint density at radius 3 is 2.00 bits per heavy atom. The number of hydrogen-bond acceptors (Lipinski definition) is 0. The molecule has 0 spiro atoms. The van der Waals surface area contributed by atoms with Crippen LogP contribution in [0.3, 0.4) is 0 Å². The molecular formula is C35H48N2Ni. The van der Waals surface area contributed by atoms with Crippen molar-refractivity contribution in [2.24, 2.45) is 0 Å². The van der Waals surface area contributed by atoms with Crippen LogP contribution in [0, 0.1) is 13.8 Å². The van der Waals surface area contributed by atoms with Crippen LogP contribution in [0.1, 0.15) is 94.4 Å². The Balaban J connectivity index is 0. The molecule has 0 fully saturated rings. The summed E-state index contributed by atoms with van der Waals surface area (Å²) in [5.74, 6) is 2.81. The van der Waals surface area contributed by atoms with Gasteiger partial charge < -0.3 is 5.53 Å². The second kappa shape index (κ2) is 25.7. The second-order valence-corrected chi connectivity index (χ2v) is 8.89. The summed E-state index contributed by atoms with van der Waals surface area (Å²) >= 11 is 0. The third-order valence-corrected chi connectivity index (χ3v) is 5.79. The summed E-state index contributed by atoms with van der Waals surface area (Å²) in [5, 5.41) is 0. The molecule has 2 aromatic rings. The van der Waals surface area contributed by atoms with Gasteiger partial charge in [-0.15, -0.1) is 4.79 Å². The first-order valence-electron chi connectivity index (χ1n) is 13.7. The van der Waals surface area contributed by atoms with Crippen molar-refractivity contribution >= 4 is 11.4 Å². The summed E-state index contributed by atoms with van der Waals surface area (Å²) in [7, 11) is 0. The Labute approximate surface area is 244 Å². The van der Waals surface area contributed by atoms with Crippen molar-refractivity contribution in [2.75, 3.05) is 0 Å². The fraction of sp³-hybridized carbons (Fsp3) is 0.371. The molecule has 0 saturated carbocycles. The van der Waals surface area contributed by atoms with Crippen LogP contribution in [-0.2, 0) is 29.3 Å². The van der Waals surface area contributed by atoms with Crippen molar-refractivity contribution in [2.45, 2.75) is 85.0 Å². The van der Waals surface area contributed by atoms with Crippen LogP contribution in [0.2, 0.25) is 0 Å². The first-order valence-corrected chi connectivity index (χ1v) is 13.7. The van der Waals surface area contributed by atoms with E-state index in [-0.39, 0.29) is 16.5 Å². The predicted molar refractivity (Wildman–Crippen MR) is 165 cm³/mol. The minimum absolute atomic E-state index is 0. The summed E-state index contributed by atoms with van der Waals surface area (Å²) in [4.78, 5) is 3.22. The molecule has 2 aromatic carbocycles. The van der Waals surface area contributed by atoms with Gasteiger partial charge in [0.15, 0.2) is 0 Å². The molecule has 0 aliphatic carbocycles. The van der Waals surface area contributed by atoms with E-state index in [9.17, 15) is 0 Å². The van der Waals surface area contributed by atoms with Crippen LogP contribution in [0.15, 0.2) is 85.5 Å². The van der Waals surface area contributed by atoms with Gasteiger partial charge in [-0.3, -0.25) is 0 Å². The zero-order valence-corrected chi connectivity index (χ0v) is 24.9. The maximum absolute atomic E-state index is 9.15. The second-order valence-electron chi connectivity index (χ2n) is 8.89. The quantitative estimate of drug-likeness (QED) is 0.0449. The first kappa shape index (κ1) is 37.2. The standard InChI is InChI=1S/C29H38N2.2C3H5.Ni/c1-4-7-9-11-13-25-17-19-27(20-18-25)29(28-16-12-15-24(6-3)21-28)22-26(23-31-30)14-10-8-5-2;2*1-3-2;/h12,15-22H,4-11,13-14H2,1-3H3;2*3H,1-2H2;/q;2*-1;+2. The summed E-state index contributed by atoms with van der Waals surface area (Å²) in [5.41, 5.74) is 16.4. The van der Waals surface area contributed by atoms with Gasteiger partial charge in [0.1, 0.15) is 0 Å². The Morgan fingerprint density at radius 2 is 1.45 bits per heavy atom. The molecular weight excluding hydrogens is 507 g/mol. The number of benzene rings is 2. The van der Waals surface area contributed by atoms with Gasteiger partial charge in [-0.05, 0) is 66.0 Å². The molecule has 0 atom stereocenters. The van der Waals surface area contributed by atoms with Crippen molar-refractivity contribution < 1.29 is 21.3 Å². The van der Waals surface area contributed by atoms with Crippen LogP contribution in [-0.4, -0.2) is 10.7 Å². The van der Waals surface area contributed by atoms with Gasteiger partial charge in [-0.2, -0.15) is 0 Å². The van der Waals surface area contributed by atoms with E-state index in [0.717, 1.165) is 43.3 Å². The number of unbranched alkanes of at least 4 members (excludes halogenated alkanes) is 5. The minimum Gasteiger partial charge on any atom is -0.348 e. The topological polar surface area (TPSA) is 36.4 Å². The Morgan fingerprint density at radius 1 is 0.842 bits per heavy atom. The number of hydrogen-bond donors (Lipinski definition) is 0. The molecule has 208 valence electrons. The first-order chi connectivity index (χ1) is 18.0. The van der Waals surface area contributed by atoms with E-state index < -0.39 is 0 Å². The van der Waals surface area contributed by atoms with E-state index >= 15 is 0 Å². The summed E-state index contributed by atoms with van der Waals surface area (Å²) in [6.45, 7) is 19.6. The third-order valence-electron chi connectivity index (χ3n) is 5.79. The van der Waals surface area contributed by atoms with Gasteiger partial charge in [-0.25, -0.2) is 39.2 Å². The molecule has 0 bridgehead atoms. The number of nitrogens with zero attached hydrogens (tertiary/aromatic N) is 2. The van der Waals surface area contributed by atoms with Crippen LogP contribution in [0.5, 0.6) is 0 Å². The van der Waals surface area contributed by atoms with Gasteiger partial charge in [0.2, 0.25) is 0 Å². The molecule has 0 saturated heterocycles. The van der Waals surface area contributed by atoms with Gasteiger partial charge in [0, 0.05) is 0 Å². The maximum atomic E-state index is 9.15. The maximum Gasteiger partial charge on any atom is 2.00 e. The van der Waals surface area contributed by atoms with E-state index in [0.29, 0.717) is 0 Å². The molecule has 0 aromatic heterocycles. The zero-order chi connectivity index (χ0) is 27.7. The Hall–Kier alpha value is -2.95. The smallest absolute Gasteiger partial charge is 0.348 e. The van der Waals surface area contributed by atoms with Crippen molar-refractivity contribution in [1.29, 1.82) is 0 Å². The van der Waals surface area contributed by atoms with E-state index in [2.05, 4.69) is 113 Å². The molecule has 0 N–H and O–H groups in total. The summed E-state index contributed by atoms with van der Waals surface area (Å²) < 4.78 is 0. The molecule has 0 heterocycles. The van der Waals surface area contributed by atoms with Crippen LogP contribution >= 0.6 is 0 Å². The molecule has 0 radical (unpaired) electrons. The minimum atomic E-state index is 0. The molecule has 0 unspecified atom stereocenters. The number of allylic oxidation sites excluding steroid dienone is 4. The molecule has 2 rings (SSSR count). The van der Waals surface area contributed by atoms with Crippen LogP contribution in [0.4, 0.5) is 0 Å². The van der Waals surface area contributed by atoms with E-state index in [4.69, 9.17) is 5.53 Å². The average molecular weight is 555 g/mol. The molecule has 0 amide bonds. The molecule has 0 aliphatic heterocycles. The fourth-order valence-corrected chi connectivity index (χ4v) is 3.86. The largest absolute Gasteiger partial charge is 2.00 e. The van der Waals surface area contributed by atoms with Crippen molar-refractivity contribution in [1.82, 2.24) is 0 Å². The van der Waals surface area contributed by atoms with Crippen molar-refractivity contribution in [3.63, 3.8) is 0 Å². The molecule has 38 heavy (non-hydrogen) atoms. The number of rotatable bonds is 13. The molecule has 2 nitrogen and oxygen atoms in total. The van der Waals surface area contributed by atoms with Gasteiger partial charge in [-0.1, -0.05) is 101 Å². The SMILES string of the molecule is C=C[CH2-].C=C[CH2-].CCCCCCc1ccc(C(=CC(=C=[N+]=[N-])CCCCC)c2cccc(CC)c2)cc1.[Ni+2]. The monoisotopic (exact) mass is 554 g/mol. The summed E-state index contributed by atoms with van der Waals surface area (Å²) in [6.07, 6.45) is 16.7. The Kier molecular flexibility index (Phi) is 25.2. The predicted octanol–water partition coefficient (Wildman–Crippen LogP) is 10.2. The normalized spacial score (nSPS) is 9.71. The van der Waals surface area contributed by atoms with Crippen molar-refractivity contribution in [3.05, 3.63) is 127 Å². The van der Waals surface area contributed by atoms with E-state index in [1.807, 2.05) is 0 Å². The summed E-state index contributed by atoms with van der Waals surface area (Å²) in [6, 6.07) is 17.7.